The normalized spacial score (nSPS) is 10.2. The van der Waals surface area contributed by atoms with Gasteiger partial charge in [-0.1, -0.05) is 12.1 Å². The third-order valence-corrected chi connectivity index (χ3v) is 3.07. The average molecular weight is 326 g/mol. The molecule has 120 valence electrons. The zero-order chi connectivity index (χ0) is 16.9. The van der Waals surface area contributed by atoms with Gasteiger partial charge < -0.3 is 10.6 Å². The lowest BCUT2D eigenvalue weighted by molar-refractivity contribution is -0.383. The minimum atomic E-state index is -0.632. The van der Waals surface area contributed by atoms with Crippen LogP contribution in [0.2, 0.25) is 0 Å². The van der Waals surface area contributed by atoms with Gasteiger partial charge in [0, 0.05) is 18.1 Å². The van der Waals surface area contributed by atoms with Crippen molar-refractivity contribution in [1.29, 1.82) is 0 Å². The summed E-state index contributed by atoms with van der Waals surface area (Å²) in [5, 5.41) is 16.9. The Hall–Kier alpha value is -3.62. The Morgan fingerprint density at radius 3 is 2.33 bits per heavy atom. The molecule has 0 aliphatic rings. The number of aromatic nitrogens is 3. The van der Waals surface area contributed by atoms with E-state index in [0.29, 0.717) is 5.69 Å². The van der Waals surface area contributed by atoms with Crippen molar-refractivity contribution in [3.63, 3.8) is 0 Å². The highest BCUT2D eigenvalue weighted by Crippen LogP contribution is 2.33. The summed E-state index contributed by atoms with van der Waals surface area (Å²) in [7, 11) is 0. The highest BCUT2D eigenvalue weighted by atomic mass is 19.1. The highest BCUT2D eigenvalue weighted by molar-refractivity contribution is 5.76. The third kappa shape index (κ3) is 3.24. The van der Waals surface area contributed by atoms with Gasteiger partial charge in [0.25, 0.3) is 0 Å². The number of benzene rings is 1. The number of halogens is 1. The maximum absolute atomic E-state index is 13.8. The zero-order valence-corrected chi connectivity index (χ0v) is 12.2. The van der Waals surface area contributed by atoms with Crippen molar-refractivity contribution in [3.05, 3.63) is 71.1 Å². The molecule has 8 nitrogen and oxygen atoms in total. The fraction of sp³-hybridized carbons (Fsp3) is 0. The quantitative estimate of drug-likeness (QED) is 0.546. The van der Waals surface area contributed by atoms with Crippen molar-refractivity contribution >= 4 is 28.7 Å². The van der Waals surface area contributed by atoms with Crippen LogP contribution in [-0.2, 0) is 0 Å². The van der Waals surface area contributed by atoms with E-state index in [-0.39, 0.29) is 17.3 Å². The summed E-state index contributed by atoms with van der Waals surface area (Å²) in [6.07, 6.45) is 4.22. The summed E-state index contributed by atoms with van der Waals surface area (Å²) in [6, 6.07) is 9.09. The summed E-state index contributed by atoms with van der Waals surface area (Å²) >= 11 is 0. The number of pyridine rings is 1. The molecule has 0 aliphatic heterocycles. The van der Waals surface area contributed by atoms with E-state index in [1.807, 2.05) is 0 Å². The summed E-state index contributed by atoms with van der Waals surface area (Å²) in [5.41, 5.74) is 0.260. The molecule has 3 aromatic rings. The van der Waals surface area contributed by atoms with Crippen LogP contribution >= 0.6 is 0 Å². The van der Waals surface area contributed by atoms with Gasteiger partial charge in [-0.05, 0) is 24.3 Å². The first-order chi connectivity index (χ1) is 11.6. The Kier molecular flexibility index (Phi) is 4.23. The van der Waals surface area contributed by atoms with Crippen LogP contribution in [0.5, 0.6) is 0 Å². The van der Waals surface area contributed by atoms with Crippen molar-refractivity contribution < 1.29 is 9.31 Å². The molecule has 0 spiro atoms. The molecular weight excluding hydrogens is 315 g/mol. The largest absolute Gasteiger partial charge is 0.353 e. The van der Waals surface area contributed by atoms with Crippen LogP contribution in [0.4, 0.5) is 33.1 Å². The van der Waals surface area contributed by atoms with E-state index in [1.54, 1.807) is 18.2 Å². The Bertz CT molecular complexity index is 875. The predicted octanol–water partition coefficient (Wildman–Crippen LogP) is 3.41. The second kappa shape index (κ2) is 6.65. The van der Waals surface area contributed by atoms with Crippen molar-refractivity contribution in [3.8, 4) is 0 Å². The summed E-state index contributed by atoms with van der Waals surface area (Å²) in [6.45, 7) is 0. The minimum absolute atomic E-state index is 0.0139. The van der Waals surface area contributed by atoms with Gasteiger partial charge in [-0.15, -0.1) is 0 Å². The van der Waals surface area contributed by atoms with Crippen molar-refractivity contribution in [2.45, 2.75) is 0 Å². The van der Waals surface area contributed by atoms with E-state index in [9.17, 15) is 14.5 Å². The number of hydrogen-bond acceptors (Lipinski definition) is 7. The summed E-state index contributed by atoms with van der Waals surface area (Å²) in [4.78, 5) is 22.4. The first-order valence-electron chi connectivity index (χ1n) is 6.83. The SMILES string of the molecule is O=[N+]([O-])c1c(Nc2ccncc2)ncnc1Nc1ccccc1F. The van der Waals surface area contributed by atoms with Crippen LogP contribution in [0, 0.1) is 15.9 Å². The van der Waals surface area contributed by atoms with E-state index in [2.05, 4.69) is 25.6 Å². The third-order valence-electron chi connectivity index (χ3n) is 3.07. The molecule has 0 aliphatic carbocycles. The maximum atomic E-state index is 13.8. The second-order valence-corrected chi connectivity index (χ2v) is 4.64. The molecule has 0 unspecified atom stereocenters. The molecule has 0 bridgehead atoms. The van der Waals surface area contributed by atoms with Gasteiger partial charge in [-0.3, -0.25) is 15.1 Å². The zero-order valence-electron chi connectivity index (χ0n) is 12.2. The number of nitro groups is 1. The maximum Gasteiger partial charge on any atom is 0.353 e. The van der Waals surface area contributed by atoms with Gasteiger partial charge >= 0.3 is 5.69 Å². The first kappa shape index (κ1) is 15.3. The molecule has 2 N–H and O–H groups in total. The fourth-order valence-electron chi connectivity index (χ4n) is 2.00. The lowest BCUT2D eigenvalue weighted by Gasteiger charge is -2.10. The van der Waals surface area contributed by atoms with Crippen molar-refractivity contribution in [2.75, 3.05) is 10.6 Å². The predicted molar refractivity (Wildman–Crippen MR) is 85.9 cm³/mol. The molecule has 24 heavy (non-hydrogen) atoms. The molecule has 0 saturated carbocycles. The molecule has 0 amide bonds. The summed E-state index contributed by atoms with van der Waals surface area (Å²) in [5.74, 6) is -0.675. The molecule has 1 aromatic carbocycles. The van der Waals surface area contributed by atoms with Crippen LogP contribution in [0.3, 0.4) is 0 Å². The van der Waals surface area contributed by atoms with Gasteiger partial charge in [-0.25, -0.2) is 14.4 Å². The van der Waals surface area contributed by atoms with Crippen LogP contribution < -0.4 is 10.6 Å². The van der Waals surface area contributed by atoms with Crippen molar-refractivity contribution in [1.82, 2.24) is 15.0 Å². The van der Waals surface area contributed by atoms with E-state index >= 15 is 0 Å². The van der Waals surface area contributed by atoms with Crippen LogP contribution in [-0.4, -0.2) is 19.9 Å². The van der Waals surface area contributed by atoms with Gasteiger partial charge in [0.2, 0.25) is 11.6 Å². The lowest BCUT2D eigenvalue weighted by atomic mass is 10.3. The molecular formula is C15H11FN6O2. The smallest absolute Gasteiger partial charge is 0.334 e. The molecule has 0 atom stereocenters. The van der Waals surface area contributed by atoms with Crippen LogP contribution in [0.25, 0.3) is 0 Å². The molecule has 3 rings (SSSR count). The second-order valence-electron chi connectivity index (χ2n) is 4.64. The fourth-order valence-corrected chi connectivity index (χ4v) is 2.00. The number of hydrogen-bond donors (Lipinski definition) is 2. The molecule has 0 fully saturated rings. The summed E-state index contributed by atoms with van der Waals surface area (Å²) < 4.78 is 13.8. The van der Waals surface area contributed by atoms with Crippen LogP contribution in [0.15, 0.2) is 55.1 Å². The van der Waals surface area contributed by atoms with E-state index in [4.69, 9.17) is 0 Å². The first-order valence-corrected chi connectivity index (χ1v) is 6.83. The Labute approximate surface area is 135 Å². The van der Waals surface area contributed by atoms with Gasteiger partial charge in [0.1, 0.15) is 12.1 Å². The van der Waals surface area contributed by atoms with E-state index < -0.39 is 16.4 Å². The molecule has 2 aromatic heterocycles. The number of nitrogens with zero attached hydrogens (tertiary/aromatic N) is 4. The molecule has 2 heterocycles. The monoisotopic (exact) mass is 326 g/mol. The Morgan fingerprint density at radius 1 is 1.00 bits per heavy atom. The Morgan fingerprint density at radius 2 is 1.67 bits per heavy atom. The van der Waals surface area contributed by atoms with Gasteiger partial charge in [0.05, 0.1) is 10.6 Å². The standard InChI is InChI=1S/C15H11FN6O2/c16-11-3-1-2-4-12(11)21-15-13(22(23)24)14(18-9-19-15)20-10-5-7-17-8-6-10/h1-9H,(H2,17,18,19,20,21). The number of anilines is 4. The molecule has 9 heteroatoms. The number of rotatable bonds is 5. The average Bonchev–Trinajstić information content (AvgIpc) is 2.58. The lowest BCUT2D eigenvalue weighted by Crippen LogP contribution is -2.06. The topological polar surface area (TPSA) is 106 Å². The van der Waals surface area contributed by atoms with Crippen LogP contribution in [0.1, 0.15) is 0 Å². The van der Waals surface area contributed by atoms with E-state index in [0.717, 1.165) is 6.33 Å². The van der Waals surface area contributed by atoms with E-state index in [1.165, 1.54) is 30.6 Å². The molecule has 0 radical (unpaired) electrons. The van der Waals surface area contributed by atoms with Gasteiger partial charge in [-0.2, -0.15) is 0 Å². The van der Waals surface area contributed by atoms with Gasteiger partial charge in [0.15, 0.2) is 0 Å². The highest BCUT2D eigenvalue weighted by Gasteiger charge is 2.23. The minimum Gasteiger partial charge on any atom is -0.334 e. The number of nitrogens with one attached hydrogen (secondary N) is 2. The molecule has 0 saturated heterocycles. The number of para-hydroxylation sites is 1. The Balaban J connectivity index is 1.99. The van der Waals surface area contributed by atoms with Crippen molar-refractivity contribution in [2.24, 2.45) is 0 Å².